The maximum Gasteiger partial charge on any atom is 0.325 e. The van der Waals surface area contributed by atoms with Crippen molar-refractivity contribution in [3.8, 4) is 0 Å². The van der Waals surface area contributed by atoms with Gasteiger partial charge in [-0.2, -0.15) is 4.31 Å². The zero-order valence-electron chi connectivity index (χ0n) is 11.8. The van der Waals surface area contributed by atoms with Gasteiger partial charge >= 0.3 is 5.97 Å². The van der Waals surface area contributed by atoms with Gasteiger partial charge in [0.1, 0.15) is 5.54 Å². The first-order valence-electron chi connectivity index (χ1n) is 6.21. The van der Waals surface area contributed by atoms with E-state index in [9.17, 15) is 13.2 Å². The highest BCUT2D eigenvalue weighted by molar-refractivity contribution is 7.88. The van der Waals surface area contributed by atoms with Crippen LogP contribution in [0.1, 0.15) is 13.3 Å². The molecule has 1 fully saturated rings. The van der Waals surface area contributed by atoms with Gasteiger partial charge in [0.25, 0.3) is 0 Å². The van der Waals surface area contributed by atoms with Gasteiger partial charge in [-0.15, -0.1) is 0 Å². The Kier molecular flexibility index (Phi) is 5.31. The van der Waals surface area contributed by atoms with Crippen LogP contribution in [0.3, 0.4) is 0 Å². The van der Waals surface area contributed by atoms with Crippen LogP contribution < -0.4 is 5.73 Å². The summed E-state index contributed by atoms with van der Waals surface area (Å²) in [6, 6.07) is 0. The maximum absolute atomic E-state index is 11.4. The molecule has 0 saturated carbocycles. The van der Waals surface area contributed by atoms with Gasteiger partial charge in [-0.3, -0.25) is 4.79 Å². The Hall–Kier alpha value is -0.700. The summed E-state index contributed by atoms with van der Waals surface area (Å²) in [6.45, 7) is 4.58. The molecule has 1 aliphatic heterocycles. The number of sulfonamides is 1. The number of rotatable bonds is 5. The Morgan fingerprint density at radius 3 is 2.26 bits per heavy atom. The van der Waals surface area contributed by atoms with Crippen LogP contribution in [0.15, 0.2) is 0 Å². The van der Waals surface area contributed by atoms with Gasteiger partial charge in [-0.05, 0) is 13.3 Å². The van der Waals surface area contributed by atoms with Gasteiger partial charge in [0.2, 0.25) is 10.0 Å². The lowest BCUT2D eigenvalue weighted by atomic mass is 9.99. The van der Waals surface area contributed by atoms with Crippen LogP contribution in [-0.2, 0) is 19.6 Å². The fourth-order valence-electron chi connectivity index (χ4n) is 2.01. The van der Waals surface area contributed by atoms with E-state index in [1.54, 1.807) is 6.92 Å². The van der Waals surface area contributed by atoms with E-state index in [2.05, 4.69) is 9.64 Å². The fraction of sp³-hybridized carbons (Fsp3) is 0.909. The number of nitrogens with two attached hydrogens (primary N) is 1. The Bertz CT molecular complexity index is 414. The van der Waals surface area contributed by atoms with Crippen LogP contribution in [0.25, 0.3) is 0 Å². The molecule has 2 N–H and O–H groups in total. The summed E-state index contributed by atoms with van der Waals surface area (Å²) >= 11 is 0. The number of nitrogens with zero attached hydrogens (tertiary/aromatic N) is 2. The molecule has 112 valence electrons. The van der Waals surface area contributed by atoms with E-state index in [1.165, 1.54) is 17.7 Å². The minimum Gasteiger partial charge on any atom is -0.468 e. The van der Waals surface area contributed by atoms with Crippen molar-refractivity contribution in [2.24, 2.45) is 5.73 Å². The molecule has 1 atom stereocenters. The van der Waals surface area contributed by atoms with Crippen LogP contribution >= 0.6 is 0 Å². The molecule has 1 heterocycles. The predicted octanol–water partition coefficient (Wildman–Crippen LogP) is -1.16. The summed E-state index contributed by atoms with van der Waals surface area (Å²) in [4.78, 5) is 13.5. The standard InChI is InChI=1S/C11H23N3O4S/c1-11(12,10(15)18-2)4-5-13-6-8-14(9-7-13)19(3,16)17/h4-9,12H2,1-3H3. The molecule has 1 aliphatic rings. The second-order valence-corrected chi connectivity index (χ2v) is 7.15. The van der Waals surface area contributed by atoms with Gasteiger partial charge in [-0.25, -0.2) is 8.42 Å². The second kappa shape index (κ2) is 6.17. The third-order valence-electron chi connectivity index (χ3n) is 3.40. The highest BCUT2D eigenvalue weighted by Gasteiger charge is 2.31. The molecule has 0 aromatic carbocycles. The first-order chi connectivity index (χ1) is 8.66. The number of carbonyl (C=O) groups is 1. The highest BCUT2D eigenvalue weighted by Crippen LogP contribution is 2.12. The number of ether oxygens (including phenoxy) is 1. The molecule has 0 aromatic heterocycles. The molecule has 0 spiro atoms. The Morgan fingerprint density at radius 2 is 1.84 bits per heavy atom. The van der Waals surface area contributed by atoms with Crippen molar-refractivity contribution in [2.75, 3.05) is 46.1 Å². The maximum atomic E-state index is 11.4. The summed E-state index contributed by atoms with van der Waals surface area (Å²) < 4.78 is 28.8. The van der Waals surface area contributed by atoms with Crippen LogP contribution in [-0.4, -0.2) is 75.2 Å². The average molecular weight is 293 g/mol. The van der Waals surface area contributed by atoms with Crippen molar-refractivity contribution in [1.82, 2.24) is 9.21 Å². The van der Waals surface area contributed by atoms with Crippen molar-refractivity contribution in [3.05, 3.63) is 0 Å². The predicted molar refractivity (Wildman–Crippen MR) is 72.1 cm³/mol. The van der Waals surface area contributed by atoms with Crippen molar-refractivity contribution in [1.29, 1.82) is 0 Å². The molecule has 0 radical (unpaired) electrons. The lowest BCUT2D eigenvalue weighted by Gasteiger charge is -2.34. The smallest absolute Gasteiger partial charge is 0.325 e. The van der Waals surface area contributed by atoms with Crippen LogP contribution in [0.5, 0.6) is 0 Å². The molecule has 1 unspecified atom stereocenters. The third-order valence-corrected chi connectivity index (χ3v) is 4.70. The lowest BCUT2D eigenvalue weighted by Crippen LogP contribution is -2.52. The summed E-state index contributed by atoms with van der Waals surface area (Å²) in [6.07, 6.45) is 1.70. The average Bonchev–Trinajstić information content (AvgIpc) is 2.35. The summed E-state index contributed by atoms with van der Waals surface area (Å²) in [5.41, 5.74) is 4.88. The molecule has 7 nitrogen and oxygen atoms in total. The largest absolute Gasteiger partial charge is 0.468 e. The Balaban J connectivity index is 2.40. The Labute approximate surface area is 114 Å². The summed E-state index contributed by atoms with van der Waals surface area (Å²) in [5.74, 6) is -0.428. The van der Waals surface area contributed by atoms with Gasteiger partial charge in [-0.1, -0.05) is 0 Å². The van der Waals surface area contributed by atoms with E-state index in [0.717, 1.165) is 0 Å². The van der Waals surface area contributed by atoms with Crippen LogP contribution in [0.2, 0.25) is 0 Å². The number of piperazine rings is 1. The molecule has 0 aliphatic carbocycles. The lowest BCUT2D eigenvalue weighted by molar-refractivity contribution is -0.146. The van der Waals surface area contributed by atoms with Crippen LogP contribution in [0.4, 0.5) is 0 Å². The summed E-state index contributed by atoms with van der Waals surface area (Å²) in [7, 11) is -1.78. The molecule has 0 aromatic rings. The summed E-state index contributed by atoms with van der Waals surface area (Å²) in [5, 5.41) is 0. The van der Waals surface area contributed by atoms with Gasteiger partial charge in [0, 0.05) is 32.7 Å². The Morgan fingerprint density at radius 1 is 1.32 bits per heavy atom. The van der Waals surface area contributed by atoms with Gasteiger partial charge in [0.15, 0.2) is 0 Å². The second-order valence-electron chi connectivity index (χ2n) is 5.16. The number of hydrogen-bond acceptors (Lipinski definition) is 6. The molecule has 1 rings (SSSR count). The number of esters is 1. The van der Waals surface area contributed by atoms with E-state index in [-0.39, 0.29) is 0 Å². The molecule has 0 bridgehead atoms. The third kappa shape index (κ3) is 4.72. The molecular formula is C11H23N3O4S. The minimum absolute atomic E-state index is 0.428. The minimum atomic E-state index is -3.10. The first-order valence-corrected chi connectivity index (χ1v) is 8.06. The highest BCUT2D eigenvalue weighted by atomic mass is 32.2. The van der Waals surface area contributed by atoms with Crippen molar-refractivity contribution in [3.63, 3.8) is 0 Å². The quantitative estimate of drug-likeness (QED) is 0.643. The first kappa shape index (κ1) is 16.4. The number of hydrogen-bond donors (Lipinski definition) is 1. The van der Waals surface area contributed by atoms with E-state index in [4.69, 9.17) is 5.73 Å². The number of carbonyl (C=O) groups excluding carboxylic acids is 1. The molecule has 0 amide bonds. The topological polar surface area (TPSA) is 92.9 Å². The molecule has 8 heteroatoms. The zero-order valence-corrected chi connectivity index (χ0v) is 12.6. The van der Waals surface area contributed by atoms with E-state index in [0.29, 0.717) is 39.1 Å². The van der Waals surface area contributed by atoms with Crippen LogP contribution in [0, 0.1) is 0 Å². The van der Waals surface area contributed by atoms with Crippen molar-refractivity contribution >= 4 is 16.0 Å². The van der Waals surface area contributed by atoms with E-state index in [1.807, 2.05) is 0 Å². The molecule has 1 saturated heterocycles. The van der Waals surface area contributed by atoms with Crippen molar-refractivity contribution in [2.45, 2.75) is 18.9 Å². The number of methoxy groups -OCH3 is 1. The monoisotopic (exact) mass is 293 g/mol. The van der Waals surface area contributed by atoms with Gasteiger partial charge in [0.05, 0.1) is 13.4 Å². The van der Waals surface area contributed by atoms with Gasteiger partial charge < -0.3 is 15.4 Å². The molecular weight excluding hydrogens is 270 g/mol. The fourth-order valence-corrected chi connectivity index (χ4v) is 2.84. The zero-order chi connectivity index (χ0) is 14.7. The van der Waals surface area contributed by atoms with E-state index >= 15 is 0 Å². The van der Waals surface area contributed by atoms with E-state index < -0.39 is 21.5 Å². The normalized spacial score (nSPS) is 21.9. The SMILES string of the molecule is COC(=O)C(C)(N)CCN1CCN(S(C)(=O)=O)CC1. The van der Waals surface area contributed by atoms with Crippen molar-refractivity contribution < 1.29 is 17.9 Å². The molecule has 19 heavy (non-hydrogen) atoms.